The fourth-order valence-corrected chi connectivity index (χ4v) is 3.46. The summed E-state index contributed by atoms with van der Waals surface area (Å²) in [5.74, 6) is 1.65. The molecular weight excluding hydrogens is 497 g/mol. The van der Waals surface area contributed by atoms with Crippen molar-refractivity contribution in [1.29, 1.82) is 0 Å². The van der Waals surface area contributed by atoms with Crippen LogP contribution in [0.4, 0.5) is 13.2 Å². The van der Waals surface area contributed by atoms with Crippen molar-refractivity contribution in [3.8, 4) is 5.88 Å². The molecule has 0 saturated heterocycles. The molecule has 1 aromatic rings. The average Bonchev–Trinajstić information content (AvgIpc) is 2.85. The van der Waals surface area contributed by atoms with Crippen molar-refractivity contribution in [1.82, 2.24) is 20.5 Å². The van der Waals surface area contributed by atoms with Gasteiger partial charge in [-0.15, -0.1) is 0 Å². The number of nitrogens with zero attached hydrogens (tertiary/aromatic N) is 2. The second-order valence-corrected chi connectivity index (χ2v) is 9.43. The van der Waals surface area contributed by atoms with Gasteiger partial charge in [0.1, 0.15) is 25.3 Å². The highest BCUT2D eigenvalue weighted by molar-refractivity contribution is 5.65. The zero-order chi connectivity index (χ0) is 28.9. The zero-order valence-corrected chi connectivity index (χ0v) is 23.8. The van der Waals surface area contributed by atoms with E-state index in [4.69, 9.17) is 4.74 Å². The minimum absolute atomic E-state index is 0.00285. The number of halogens is 3. The quantitative estimate of drug-likeness (QED) is 0.277. The maximum atomic E-state index is 12.1. The summed E-state index contributed by atoms with van der Waals surface area (Å²) in [6.45, 7) is 10.5. The standard InChI is InChI=1S/C24H35F3N4O2.C4H8O/c1-7-8-21(30-18(4)19-12-17(3)31(6)22(13-19)28-5)20-11-16(2)23(29-14-20)33-10-9-32-15-24(25,26)27;1-4(2)3-5/h8,11-14,17-18,28,30H,7,9-10,15H2,1-6H3;3-4H,1-2H3/b21-8+;. The molecule has 0 aromatic carbocycles. The molecule has 214 valence electrons. The van der Waals surface area contributed by atoms with Gasteiger partial charge < -0.3 is 29.8 Å². The number of aldehydes is 1. The topological polar surface area (TPSA) is 75.7 Å². The maximum absolute atomic E-state index is 12.1. The molecule has 0 aliphatic carbocycles. The van der Waals surface area contributed by atoms with Crippen molar-refractivity contribution in [2.75, 3.05) is 33.9 Å². The van der Waals surface area contributed by atoms with E-state index in [0.29, 0.717) is 5.88 Å². The molecule has 10 heteroatoms. The monoisotopic (exact) mass is 540 g/mol. The molecule has 2 N–H and O–H groups in total. The summed E-state index contributed by atoms with van der Waals surface area (Å²) in [7, 11) is 3.97. The number of likely N-dealkylation sites (N-methyl/N-ethyl adjacent to an activating group) is 1. The third-order valence-corrected chi connectivity index (χ3v) is 5.61. The van der Waals surface area contributed by atoms with Crippen LogP contribution >= 0.6 is 0 Å². The SMILES string of the molecule is CC(C)C=O.CC/C=C(/NC(C)C1=CC(C)N(C)C(NC)=C1)c1cnc(OCCOCC(F)(F)F)c(C)c1. The van der Waals surface area contributed by atoms with Crippen LogP contribution in [0.1, 0.15) is 52.2 Å². The first-order valence-corrected chi connectivity index (χ1v) is 12.8. The number of nitrogens with one attached hydrogen (secondary N) is 2. The van der Waals surface area contributed by atoms with Crippen LogP contribution in [0.5, 0.6) is 5.88 Å². The molecule has 7 nitrogen and oxygen atoms in total. The van der Waals surface area contributed by atoms with E-state index in [1.807, 2.05) is 33.9 Å². The number of alkyl halides is 3. The molecule has 2 atom stereocenters. The molecule has 2 rings (SSSR count). The summed E-state index contributed by atoms with van der Waals surface area (Å²) in [5, 5.41) is 6.84. The van der Waals surface area contributed by atoms with Gasteiger partial charge in [-0.2, -0.15) is 13.2 Å². The van der Waals surface area contributed by atoms with Gasteiger partial charge in [0.05, 0.1) is 6.61 Å². The molecule has 0 saturated carbocycles. The first-order chi connectivity index (χ1) is 17.8. The molecule has 1 aliphatic heterocycles. The Bertz CT molecular complexity index is 975. The van der Waals surface area contributed by atoms with Crippen LogP contribution in [-0.2, 0) is 9.53 Å². The normalized spacial score (nSPS) is 16.7. The van der Waals surface area contributed by atoms with E-state index < -0.39 is 12.8 Å². The molecule has 0 amide bonds. The predicted molar refractivity (Wildman–Crippen MR) is 146 cm³/mol. The Morgan fingerprint density at radius 3 is 2.45 bits per heavy atom. The van der Waals surface area contributed by atoms with Crippen molar-refractivity contribution >= 4 is 12.0 Å². The summed E-state index contributed by atoms with van der Waals surface area (Å²) in [6, 6.07) is 2.31. The Balaban J connectivity index is 0.00000132. The Kier molecular flexibility index (Phi) is 14.0. The smallest absolute Gasteiger partial charge is 0.411 e. The molecule has 38 heavy (non-hydrogen) atoms. The van der Waals surface area contributed by atoms with Crippen LogP contribution in [0.2, 0.25) is 0 Å². The van der Waals surface area contributed by atoms with Crippen LogP contribution < -0.4 is 15.4 Å². The second-order valence-electron chi connectivity index (χ2n) is 9.43. The lowest BCUT2D eigenvalue weighted by atomic mass is 10.0. The van der Waals surface area contributed by atoms with Crippen LogP contribution in [0, 0.1) is 12.8 Å². The molecule has 1 aromatic heterocycles. The highest BCUT2D eigenvalue weighted by Crippen LogP contribution is 2.24. The molecule has 2 unspecified atom stereocenters. The van der Waals surface area contributed by atoms with Gasteiger partial charge in [-0.1, -0.05) is 32.9 Å². The number of allylic oxidation sites excluding steroid dienone is 1. The summed E-state index contributed by atoms with van der Waals surface area (Å²) in [4.78, 5) is 16.1. The third kappa shape index (κ3) is 11.6. The van der Waals surface area contributed by atoms with E-state index in [1.54, 1.807) is 6.20 Å². The highest BCUT2D eigenvalue weighted by atomic mass is 19.4. The molecule has 0 fully saturated rings. The number of aryl methyl sites for hydroxylation is 1. The van der Waals surface area contributed by atoms with E-state index >= 15 is 0 Å². The first-order valence-electron chi connectivity index (χ1n) is 12.8. The lowest BCUT2D eigenvalue weighted by molar-refractivity contribution is -0.175. The summed E-state index contributed by atoms with van der Waals surface area (Å²) in [6.07, 6.45) is 5.62. The largest absolute Gasteiger partial charge is 0.475 e. The second kappa shape index (κ2) is 16.1. The van der Waals surface area contributed by atoms with Crippen LogP contribution in [0.25, 0.3) is 5.70 Å². The van der Waals surface area contributed by atoms with Gasteiger partial charge in [-0.25, -0.2) is 4.98 Å². The third-order valence-electron chi connectivity index (χ3n) is 5.61. The number of carbonyl (C=O) groups is 1. The van der Waals surface area contributed by atoms with Crippen molar-refractivity contribution in [2.45, 2.75) is 66.2 Å². The predicted octanol–water partition coefficient (Wildman–Crippen LogP) is 5.24. The molecular formula is C28H43F3N4O3. The maximum Gasteiger partial charge on any atom is 0.411 e. The van der Waals surface area contributed by atoms with E-state index in [1.165, 1.54) is 5.57 Å². The van der Waals surface area contributed by atoms with Crippen LogP contribution in [0.3, 0.4) is 0 Å². The fourth-order valence-electron chi connectivity index (χ4n) is 3.46. The Morgan fingerprint density at radius 2 is 1.92 bits per heavy atom. The van der Waals surface area contributed by atoms with Gasteiger partial charge in [0.2, 0.25) is 5.88 Å². The average molecular weight is 541 g/mol. The Labute approximate surface area is 225 Å². The number of ether oxygens (including phenoxy) is 2. The summed E-state index contributed by atoms with van der Waals surface area (Å²) in [5.41, 5.74) is 3.87. The van der Waals surface area contributed by atoms with Gasteiger partial charge in [0.15, 0.2) is 0 Å². The molecule has 0 radical (unpaired) electrons. The van der Waals surface area contributed by atoms with Gasteiger partial charge >= 0.3 is 6.18 Å². The van der Waals surface area contributed by atoms with E-state index in [-0.39, 0.29) is 31.2 Å². The van der Waals surface area contributed by atoms with Crippen LogP contribution in [-0.4, -0.2) is 68.3 Å². The van der Waals surface area contributed by atoms with Gasteiger partial charge in [0.25, 0.3) is 0 Å². The Hall–Kier alpha value is -3.01. The van der Waals surface area contributed by atoms with Crippen molar-refractivity contribution in [3.05, 3.63) is 53.0 Å². The first kappa shape index (κ1) is 33.0. The van der Waals surface area contributed by atoms with Crippen LogP contribution in [0.15, 0.2) is 41.9 Å². The summed E-state index contributed by atoms with van der Waals surface area (Å²) >= 11 is 0. The van der Waals surface area contributed by atoms with E-state index in [0.717, 1.165) is 35.4 Å². The molecule has 2 heterocycles. The number of pyridine rings is 1. The van der Waals surface area contributed by atoms with E-state index in [9.17, 15) is 18.0 Å². The minimum Gasteiger partial charge on any atom is -0.475 e. The fraction of sp³-hybridized carbons (Fsp3) is 0.571. The Morgan fingerprint density at radius 1 is 1.26 bits per heavy atom. The molecule has 0 bridgehead atoms. The highest BCUT2D eigenvalue weighted by Gasteiger charge is 2.27. The summed E-state index contributed by atoms with van der Waals surface area (Å²) < 4.78 is 46.5. The lowest BCUT2D eigenvalue weighted by Crippen LogP contribution is -2.38. The van der Waals surface area contributed by atoms with E-state index in [2.05, 4.69) is 71.3 Å². The minimum atomic E-state index is -4.34. The van der Waals surface area contributed by atoms with Crippen molar-refractivity contribution < 1.29 is 27.4 Å². The lowest BCUT2D eigenvalue weighted by Gasteiger charge is -2.33. The number of hydrogen-bond acceptors (Lipinski definition) is 7. The van der Waals surface area contributed by atoms with Gasteiger partial charge in [-0.3, -0.25) is 0 Å². The number of aromatic nitrogens is 1. The molecule has 0 spiro atoms. The van der Waals surface area contributed by atoms with Gasteiger partial charge in [0, 0.05) is 55.1 Å². The number of hydrogen-bond donors (Lipinski definition) is 2. The zero-order valence-electron chi connectivity index (χ0n) is 23.8. The van der Waals surface area contributed by atoms with Crippen molar-refractivity contribution in [2.24, 2.45) is 5.92 Å². The van der Waals surface area contributed by atoms with Gasteiger partial charge in [-0.05, 0) is 44.9 Å². The van der Waals surface area contributed by atoms with Crippen molar-refractivity contribution in [3.63, 3.8) is 0 Å². The number of rotatable bonds is 12. The molecule has 1 aliphatic rings. The number of carbonyl (C=O) groups excluding carboxylic acids is 1.